The van der Waals surface area contributed by atoms with Gasteiger partial charge < -0.3 is 4.90 Å². The number of hydrogen-bond acceptors (Lipinski definition) is 6. The lowest BCUT2D eigenvalue weighted by Crippen LogP contribution is -2.45. The number of anilines is 1. The van der Waals surface area contributed by atoms with Crippen LogP contribution in [0.15, 0.2) is 12.1 Å². The van der Waals surface area contributed by atoms with E-state index in [0.717, 1.165) is 56.1 Å². The van der Waals surface area contributed by atoms with Gasteiger partial charge in [0, 0.05) is 19.1 Å². The number of nitrogens with zero attached hydrogens (tertiary/aromatic N) is 5. The topological polar surface area (TPSA) is 92.5 Å². The van der Waals surface area contributed by atoms with Gasteiger partial charge in [-0.1, -0.05) is 0 Å². The summed E-state index contributed by atoms with van der Waals surface area (Å²) in [5, 5.41) is 12.5. The van der Waals surface area contributed by atoms with Crippen LogP contribution in [0.4, 0.5) is 5.82 Å². The smallest absolute Gasteiger partial charge is 0.214 e. The number of aryl methyl sites for hydroxylation is 1. The molecule has 0 spiro atoms. The van der Waals surface area contributed by atoms with Gasteiger partial charge in [0.1, 0.15) is 5.82 Å². The Morgan fingerprint density at radius 1 is 1.13 bits per heavy atom. The minimum atomic E-state index is -3.10. The third-order valence-corrected chi connectivity index (χ3v) is 6.53. The van der Waals surface area contributed by atoms with Crippen LogP contribution >= 0.6 is 0 Å². The quantitative estimate of drug-likeness (QED) is 0.873. The highest BCUT2D eigenvalue weighted by Gasteiger charge is 2.37. The van der Waals surface area contributed by atoms with Crippen molar-refractivity contribution in [2.75, 3.05) is 18.0 Å². The van der Waals surface area contributed by atoms with Gasteiger partial charge >= 0.3 is 0 Å². The monoisotopic (exact) mass is 336 g/mol. The predicted molar refractivity (Wildman–Crippen MR) is 85.8 cm³/mol. The standard InChI is InChI=1S/C14H20N6O2S/c1-10-15-16-13-4-5-14(17-20(10)13)19-8-6-11(7-9-19)18-23(21,22)12-2-3-12/h4-5,11-12,18H,2-3,6-9H2,1H3. The van der Waals surface area contributed by atoms with Crippen molar-refractivity contribution in [3.05, 3.63) is 18.0 Å². The van der Waals surface area contributed by atoms with Crippen LogP contribution in [0.5, 0.6) is 0 Å². The van der Waals surface area contributed by atoms with E-state index >= 15 is 0 Å². The van der Waals surface area contributed by atoms with Crippen molar-refractivity contribution in [2.45, 2.75) is 43.9 Å². The molecule has 124 valence electrons. The number of sulfonamides is 1. The lowest BCUT2D eigenvalue weighted by atomic mass is 10.1. The molecule has 1 saturated heterocycles. The summed E-state index contributed by atoms with van der Waals surface area (Å²) in [6, 6.07) is 3.89. The number of fused-ring (bicyclic) bond motifs is 1. The van der Waals surface area contributed by atoms with Crippen molar-refractivity contribution < 1.29 is 8.42 Å². The van der Waals surface area contributed by atoms with Crippen LogP contribution in [0.3, 0.4) is 0 Å². The minimum absolute atomic E-state index is 0.0391. The van der Waals surface area contributed by atoms with Crippen LogP contribution in [0.25, 0.3) is 5.65 Å². The van der Waals surface area contributed by atoms with E-state index < -0.39 is 10.0 Å². The Morgan fingerprint density at radius 3 is 2.57 bits per heavy atom. The van der Waals surface area contributed by atoms with E-state index in [-0.39, 0.29) is 11.3 Å². The van der Waals surface area contributed by atoms with Gasteiger partial charge in [0.25, 0.3) is 0 Å². The molecule has 1 saturated carbocycles. The maximum absolute atomic E-state index is 12.0. The molecule has 23 heavy (non-hydrogen) atoms. The van der Waals surface area contributed by atoms with Crippen molar-refractivity contribution >= 4 is 21.5 Å². The summed E-state index contributed by atoms with van der Waals surface area (Å²) in [6.07, 6.45) is 3.20. The third kappa shape index (κ3) is 2.90. The molecule has 0 aromatic carbocycles. The summed E-state index contributed by atoms with van der Waals surface area (Å²) in [5.41, 5.74) is 0.735. The molecular formula is C14H20N6O2S. The van der Waals surface area contributed by atoms with Crippen LogP contribution in [-0.4, -0.2) is 52.6 Å². The fraction of sp³-hybridized carbons (Fsp3) is 0.643. The molecule has 9 heteroatoms. The first-order chi connectivity index (χ1) is 11.0. The van der Waals surface area contributed by atoms with Crippen LogP contribution in [0.2, 0.25) is 0 Å². The second kappa shape index (κ2) is 5.41. The average Bonchev–Trinajstić information content (AvgIpc) is 3.34. The van der Waals surface area contributed by atoms with Gasteiger partial charge in [-0.2, -0.15) is 4.52 Å². The van der Waals surface area contributed by atoms with E-state index in [1.807, 2.05) is 19.1 Å². The van der Waals surface area contributed by atoms with E-state index in [0.29, 0.717) is 0 Å². The largest absolute Gasteiger partial charge is 0.355 e. The van der Waals surface area contributed by atoms with Crippen molar-refractivity contribution in [3.63, 3.8) is 0 Å². The molecule has 0 unspecified atom stereocenters. The molecule has 1 aliphatic heterocycles. The van der Waals surface area contributed by atoms with E-state index in [4.69, 9.17) is 0 Å². The van der Waals surface area contributed by atoms with Crippen molar-refractivity contribution in [3.8, 4) is 0 Å². The molecule has 1 N–H and O–H groups in total. The van der Waals surface area contributed by atoms with E-state index in [9.17, 15) is 8.42 Å². The maximum Gasteiger partial charge on any atom is 0.214 e. The molecular weight excluding hydrogens is 316 g/mol. The Kier molecular flexibility index (Phi) is 3.49. The highest BCUT2D eigenvalue weighted by atomic mass is 32.2. The van der Waals surface area contributed by atoms with Gasteiger partial charge in [0.2, 0.25) is 10.0 Å². The summed E-state index contributed by atoms with van der Waals surface area (Å²) in [4.78, 5) is 2.18. The number of piperidine rings is 1. The van der Waals surface area contributed by atoms with Crippen molar-refractivity contribution in [1.29, 1.82) is 0 Å². The third-order valence-electron chi connectivity index (χ3n) is 4.52. The SMILES string of the molecule is Cc1nnc2ccc(N3CCC(NS(=O)(=O)C4CC4)CC3)nn12. The lowest BCUT2D eigenvalue weighted by Gasteiger charge is -2.32. The second-order valence-corrected chi connectivity index (χ2v) is 8.32. The first kappa shape index (κ1) is 14.8. The molecule has 2 aliphatic rings. The Labute approximate surface area is 134 Å². The van der Waals surface area contributed by atoms with Gasteiger partial charge in [-0.05, 0) is 44.7 Å². The molecule has 0 atom stereocenters. The molecule has 2 aromatic rings. The maximum atomic E-state index is 12.0. The zero-order chi connectivity index (χ0) is 16.0. The number of hydrogen-bond donors (Lipinski definition) is 1. The summed E-state index contributed by atoms with van der Waals surface area (Å²) in [6.45, 7) is 3.45. The normalized spacial score (nSPS) is 20.3. The van der Waals surface area contributed by atoms with Crippen LogP contribution in [-0.2, 0) is 10.0 Å². The first-order valence-corrected chi connectivity index (χ1v) is 9.53. The van der Waals surface area contributed by atoms with Gasteiger partial charge in [0.15, 0.2) is 11.5 Å². The Morgan fingerprint density at radius 2 is 1.87 bits per heavy atom. The molecule has 2 aromatic heterocycles. The number of nitrogens with one attached hydrogen (secondary N) is 1. The zero-order valence-corrected chi connectivity index (χ0v) is 13.8. The highest BCUT2D eigenvalue weighted by Crippen LogP contribution is 2.28. The lowest BCUT2D eigenvalue weighted by molar-refractivity contribution is 0.457. The van der Waals surface area contributed by atoms with Gasteiger partial charge in [0.05, 0.1) is 5.25 Å². The summed E-state index contributed by atoms with van der Waals surface area (Å²) in [5.74, 6) is 1.64. The number of rotatable bonds is 4. The predicted octanol–water partition coefficient (Wildman–Crippen LogP) is 0.483. The Balaban J connectivity index is 1.43. The average molecular weight is 336 g/mol. The zero-order valence-electron chi connectivity index (χ0n) is 13.0. The summed E-state index contributed by atoms with van der Waals surface area (Å²) >= 11 is 0. The second-order valence-electron chi connectivity index (χ2n) is 6.33. The molecule has 1 aliphatic carbocycles. The summed E-state index contributed by atoms with van der Waals surface area (Å²) in [7, 11) is -3.10. The van der Waals surface area contributed by atoms with Gasteiger partial charge in [-0.15, -0.1) is 15.3 Å². The van der Waals surface area contributed by atoms with Gasteiger partial charge in [-0.25, -0.2) is 13.1 Å². The fourth-order valence-corrected chi connectivity index (χ4v) is 4.64. The van der Waals surface area contributed by atoms with Crippen LogP contribution in [0.1, 0.15) is 31.5 Å². The summed E-state index contributed by atoms with van der Waals surface area (Å²) < 4.78 is 28.6. The molecule has 2 fully saturated rings. The van der Waals surface area contributed by atoms with Crippen LogP contribution < -0.4 is 9.62 Å². The molecule has 3 heterocycles. The first-order valence-electron chi connectivity index (χ1n) is 7.98. The van der Waals surface area contributed by atoms with Crippen molar-refractivity contribution in [2.24, 2.45) is 0 Å². The van der Waals surface area contributed by atoms with Crippen LogP contribution in [0, 0.1) is 6.92 Å². The fourth-order valence-electron chi connectivity index (χ4n) is 2.99. The van der Waals surface area contributed by atoms with E-state index in [2.05, 4.69) is 24.9 Å². The Hall–Kier alpha value is -1.74. The molecule has 0 radical (unpaired) electrons. The minimum Gasteiger partial charge on any atom is -0.355 e. The van der Waals surface area contributed by atoms with E-state index in [1.54, 1.807) is 4.52 Å². The van der Waals surface area contributed by atoms with Gasteiger partial charge in [-0.3, -0.25) is 0 Å². The molecule has 0 amide bonds. The molecule has 8 nitrogen and oxygen atoms in total. The highest BCUT2D eigenvalue weighted by molar-refractivity contribution is 7.90. The Bertz CT molecular complexity index is 821. The van der Waals surface area contributed by atoms with Crippen molar-refractivity contribution in [1.82, 2.24) is 24.5 Å². The molecule has 4 rings (SSSR count). The molecule has 0 bridgehead atoms. The number of aromatic nitrogens is 4. The van der Waals surface area contributed by atoms with E-state index in [1.165, 1.54) is 0 Å².